The summed E-state index contributed by atoms with van der Waals surface area (Å²) in [5.41, 5.74) is -0.0585. The fourth-order valence-corrected chi connectivity index (χ4v) is 4.70. The molecule has 3 rings (SSSR count). The maximum absolute atomic E-state index is 13.2. The molecule has 3 aromatic rings. The Bertz CT molecular complexity index is 1220. The highest BCUT2D eigenvalue weighted by Gasteiger charge is 2.16. The van der Waals surface area contributed by atoms with Crippen molar-refractivity contribution in [1.29, 1.82) is 0 Å². The first-order valence-electron chi connectivity index (χ1n) is 8.88. The molecular formula is C21H12O9S-4. The third-order valence-electron chi connectivity index (χ3n) is 4.51. The number of carbonyl (C=O) groups is 4. The van der Waals surface area contributed by atoms with E-state index in [1.165, 1.54) is 24.3 Å². The van der Waals surface area contributed by atoms with E-state index >= 15 is 0 Å². The third kappa shape index (κ3) is 4.86. The number of carbonyl (C=O) groups excluding carboxylic acids is 4. The van der Waals surface area contributed by atoms with Crippen molar-refractivity contribution in [3.05, 3.63) is 56.7 Å². The van der Waals surface area contributed by atoms with Gasteiger partial charge >= 0.3 is 0 Å². The Morgan fingerprint density at radius 2 is 0.968 bits per heavy atom. The monoisotopic (exact) mass is 440 g/mol. The van der Waals surface area contributed by atoms with Gasteiger partial charge in [0.05, 0.1) is 0 Å². The summed E-state index contributed by atoms with van der Waals surface area (Å²) in [7, 11) is 0. The van der Waals surface area contributed by atoms with E-state index in [1.807, 2.05) is 0 Å². The molecule has 9 nitrogen and oxygen atoms in total. The van der Waals surface area contributed by atoms with Gasteiger partial charge in [-0.2, -0.15) is 0 Å². The van der Waals surface area contributed by atoms with Crippen molar-refractivity contribution in [2.24, 2.45) is 0 Å². The van der Waals surface area contributed by atoms with Crippen molar-refractivity contribution in [3.63, 3.8) is 0 Å². The van der Waals surface area contributed by atoms with Gasteiger partial charge in [-0.05, 0) is 34.4 Å². The van der Waals surface area contributed by atoms with E-state index < -0.39 is 55.0 Å². The maximum Gasteiger partial charge on any atom is 0.195 e. The topological polar surface area (TPSA) is 178 Å². The van der Waals surface area contributed by atoms with E-state index in [0.29, 0.717) is 0 Å². The smallest absolute Gasteiger partial charge is 0.195 e. The molecule has 0 unspecified atom stereocenters. The van der Waals surface area contributed by atoms with Crippen LogP contribution in [0.4, 0.5) is 0 Å². The summed E-state index contributed by atoms with van der Waals surface area (Å²) in [5.74, 6) is -5.76. The van der Waals surface area contributed by atoms with Gasteiger partial charge < -0.3 is 39.6 Å². The molecule has 2 aromatic carbocycles. The van der Waals surface area contributed by atoms with E-state index in [-0.39, 0.29) is 42.4 Å². The number of benzene rings is 2. The molecule has 0 amide bonds. The van der Waals surface area contributed by atoms with Gasteiger partial charge in [0.25, 0.3) is 0 Å². The molecular weight excluding hydrogens is 428 g/mol. The largest absolute Gasteiger partial charge is 0.550 e. The van der Waals surface area contributed by atoms with Gasteiger partial charge in [0.2, 0.25) is 0 Å². The Balaban J connectivity index is 2.42. The highest BCUT2D eigenvalue weighted by Crippen LogP contribution is 2.32. The number of aliphatic carboxylic acids is 4. The SMILES string of the molecule is O=C([O-])Cc1cc(CC(=O)[O-])c2sc3c(CC(=O)[O-])cc(CC(=O)[O-])cc3c(=O)c2c1. The molecule has 160 valence electrons. The average Bonchev–Trinajstić information content (AvgIpc) is 2.61. The lowest BCUT2D eigenvalue weighted by Gasteiger charge is -2.15. The fourth-order valence-electron chi connectivity index (χ4n) is 3.45. The average molecular weight is 440 g/mol. The first kappa shape index (κ1) is 21.9. The van der Waals surface area contributed by atoms with Crippen LogP contribution in [0.1, 0.15) is 22.3 Å². The summed E-state index contributed by atoms with van der Waals surface area (Å²) in [5, 5.41) is 44.4. The summed E-state index contributed by atoms with van der Waals surface area (Å²) in [6.45, 7) is 0. The minimum absolute atomic E-state index is 0.0255. The predicted octanol–water partition coefficient (Wildman–Crippen LogP) is -3.42. The number of rotatable bonds is 8. The number of hydrogen-bond acceptors (Lipinski definition) is 10. The molecule has 0 radical (unpaired) electrons. The fraction of sp³-hybridized carbons (Fsp3) is 0.190. The molecule has 0 aliphatic rings. The quantitative estimate of drug-likeness (QED) is 0.323. The van der Waals surface area contributed by atoms with Crippen LogP contribution in [0.5, 0.6) is 0 Å². The van der Waals surface area contributed by atoms with Gasteiger partial charge in [-0.15, -0.1) is 11.3 Å². The van der Waals surface area contributed by atoms with Crippen LogP contribution < -0.4 is 25.9 Å². The third-order valence-corrected chi connectivity index (χ3v) is 5.88. The molecule has 0 bridgehead atoms. The van der Waals surface area contributed by atoms with Crippen molar-refractivity contribution in [3.8, 4) is 0 Å². The van der Waals surface area contributed by atoms with Crippen LogP contribution in [0.15, 0.2) is 29.1 Å². The van der Waals surface area contributed by atoms with Crippen molar-refractivity contribution in [1.82, 2.24) is 0 Å². The zero-order valence-electron chi connectivity index (χ0n) is 15.7. The first-order valence-corrected chi connectivity index (χ1v) is 9.70. The molecule has 0 aliphatic carbocycles. The van der Waals surface area contributed by atoms with Crippen LogP contribution in [0.2, 0.25) is 0 Å². The molecule has 0 saturated heterocycles. The van der Waals surface area contributed by atoms with Crippen LogP contribution >= 0.6 is 11.3 Å². The van der Waals surface area contributed by atoms with Gasteiger partial charge in [-0.3, -0.25) is 4.79 Å². The zero-order chi connectivity index (χ0) is 22.9. The highest BCUT2D eigenvalue weighted by atomic mass is 32.1. The minimum Gasteiger partial charge on any atom is -0.550 e. The van der Waals surface area contributed by atoms with Crippen LogP contribution in [-0.2, 0) is 44.9 Å². The van der Waals surface area contributed by atoms with E-state index in [9.17, 15) is 44.4 Å². The second-order valence-corrected chi connectivity index (χ2v) is 7.91. The summed E-state index contributed by atoms with van der Waals surface area (Å²) >= 11 is 0.949. The number of hydrogen-bond donors (Lipinski definition) is 0. The predicted molar refractivity (Wildman–Crippen MR) is 100 cm³/mol. The Labute approximate surface area is 177 Å². The van der Waals surface area contributed by atoms with Gasteiger partial charge in [0, 0.05) is 69.7 Å². The molecule has 0 fully saturated rings. The minimum atomic E-state index is -1.45. The zero-order valence-corrected chi connectivity index (χ0v) is 16.5. The lowest BCUT2D eigenvalue weighted by Crippen LogP contribution is -2.26. The molecule has 0 atom stereocenters. The second kappa shape index (κ2) is 8.52. The van der Waals surface area contributed by atoms with Crippen molar-refractivity contribution < 1.29 is 39.6 Å². The Kier molecular flexibility index (Phi) is 6.02. The number of fused-ring (bicyclic) bond motifs is 2. The van der Waals surface area contributed by atoms with Gasteiger partial charge in [0.15, 0.2) is 5.43 Å². The molecule has 10 heteroatoms. The standard InChI is InChI=1S/C21H16O9S/c22-15(23)5-9-1-11(7-17(26)27)20-13(3-9)19(30)14-4-10(6-16(24)25)2-12(8-18(28)29)21(14)31-20/h1-4H,5-8H2,(H,22,23)(H,24,25)(H,26,27)(H,28,29)/p-4. The number of carboxylic acid groups (broad SMARTS) is 4. The summed E-state index contributed by atoms with van der Waals surface area (Å²) in [6.07, 6.45) is -2.31. The van der Waals surface area contributed by atoms with E-state index in [4.69, 9.17) is 0 Å². The van der Waals surface area contributed by atoms with Crippen LogP contribution in [0.25, 0.3) is 20.2 Å². The number of carboxylic acids is 4. The van der Waals surface area contributed by atoms with E-state index in [0.717, 1.165) is 11.3 Å². The second-order valence-electron chi connectivity index (χ2n) is 6.89. The lowest BCUT2D eigenvalue weighted by molar-refractivity contribution is -0.306. The Hall–Kier alpha value is -3.79. The lowest BCUT2D eigenvalue weighted by atomic mass is 9.99. The van der Waals surface area contributed by atoms with Gasteiger partial charge in [0.1, 0.15) is 0 Å². The van der Waals surface area contributed by atoms with Gasteiger partial charge in [-0.1, -0.05) is 12.1 Å². The molecule has 1 aromatic heterocycles. The normalized spacial score (nSPS) is 11.0. The van der Waals surface area contributed by atoms with Gasteiger partial charge in [-0.25, -0.2) is 0 Å². The van der Waals surface area contributed by atoms with E-state index in [1.54, 1.807) is 0 Å². The summed E-state index contributed by atoms with van der Waals surface area (Å²) in [4.78, 5) is 57.6. The van der Waals surface area contributed by atoms with Crippen LogP contribution in [0, 0.1) is 0 Å². The van der Waals surface area contributed by atoms with Crippen LogP contribution in [0.3, 0.4) is 0 Å². The van der Waals surface area contributed by atoms with Crippen molar-refractivity contribution in [2.45, 2.75) is 25.7 Å². The van der Waals surface area contributed by atoms with Crippen molar-refractivity contribution >= 4 is 55.4 Å². The molecule has 0 spiro atoms. The summed E-state index contributed by atoms with van der Waals surface area (Å²) < 4.78 is 0.465. The molecule has 1 heterocycles. The highest BCUT2D eigenvalue weighted by molar-refractivity contribution is 7.25. The molecule has 31 heavy (non-hydrogen) atoms. The molecule has 0 saturated carbocycles. The molecule has 0 aliphatic heterocycles. The van der Waals surface area contributed by atoms with Crippen molar-refractivity contribution in [2.75, 3.05) is 0 Å². The van der Waals surface area contributed by atoms with E-state index in [2.05, 4.69) is 0 Å². The van der Waals surface area contributed by atoms with Crippen LogP contribution in [-0.4, -0.2) is 23.9 Å². The Morgan fingerprint density at radius 3 is 1.29 bits per heavy atom. The maximum atomic E-state index is 13.2. The Morgan fingerprint density at radius 1 is 0.613 bits per heavy atom. The first-order chi connectivity index (χ1) is 14.5. The summed E-state index contributed by atoms with van der Waals surface area (Å²) in [6, 6.07) is 5.23. The molecule has 0 N–H and O–H groups in total.